The highest BCUT2D eigenvalue weighted by atomic mass is 35.5. The number of nitrogens with one attached hydrogen (secondary N) is 1. The van der Waals surface area contributed by atoms with E-state index in [0.29, 0.717) is 10.6 Å². The molecular formula is C17H16ClNO. The second-order valence-electron chi connectivity index (χ2n) is 4.52. The van der Waals surface area contributed by atoms with Crippen molar-refractivity contribution in [3.8, 4) is 0 Å². The summed E-state index contributed by atoms with van der Waals surface area (Å²) in [5.41, 5.74) is 3.45. The molecule has 0 saturated heterocycles. The molecule has 0 fully saturated rings. The molecule has 0 radical (unpaired) electrons. The Morgan fingerprint density at radius 3 is 2.35 bits per heavy atom. The molecule has 2 nitrogen and oxygen atoms in total. The summed E-state index contributed by atoms with van der Waals surface area (Å²) in [6, 6.07) is 15.3. The van der Waals surface area contributed by atoms with Gasteiger partial charge >= 0.3 is 0 Å². The zero-order valence-corrected chi connectivity index (χ0v) is 12.2. The molecule has 0 aromatic heterocycles. The predicted molar refractivity (Wildman–Crippen MR) is 84.6 cm³/mol. The topological polar surface area (TPSA) is 29.1 Å². The van der Waals surface area contributed by atoms with Crippen molar-refractivity contribution in [3.63, 3.8) is 0 Å². The SMILES string of the molecule is CNC(=O)C(=Cc1ccccc1Cl)c1ccc(C)cc1. The van der Waals surface area contributed by atoms with Crippen molar-refractivity contribution in [1.29, 1.82) is 0 Å². The van der Waals surface area contributed by atoms with E-state index >= 15 is 0 Å². The summed E-state index contributed by atoms with van der Waals surface area (Å²) < 4.78 is 0. The fourth-order valence-electron chi connectivity index (χ4n) is 1.90. The van der Waals surface area contributed by atoms with E-state index in [4.69, 9.17) is 11.6 Å². The van der Waals surface area contributed by atoms with E-state index < -0.39 is 0 Å². The van der Waals surface area contributed by atoms with E-state index in [9.17, 15) is 4.79 Å². The lowest BCUT2D eigenvalue weighted by molar-refractivity contribution is -0.115. The standard InChI is InChI=1S/C17H16ClNO/c1-12-7-9-13(10-8-12)15(17(20)19-2)11-14-5-3-4-6-16(14)18/h3-11H,1-2H3,(H,19,20). The number of aryl methyl sites for hydroxylation is 1. The molecule has 20 heavy (non-hydrogen) atoms. The number of benzene rings is 2. The van der Waals surface area contributed by atoms with Crippen LogP contribution in [0.15, 0.2) is 48.5 Å². The number of hydrogen-bond acceptors (Lipinski definition) is 1. The number of carbonyl (C=O) groups excluding carboxylic acids is 1. The summed E-state index contributed by atoms with van der Waals surface area (Å²) in [5, 5.41) is 3.29. The molecule has 1 amide bonds. The number of rotatable bonds is 3. The Hall–Kier alpha value is -2.06. The molecule has 3 heteroatoms. The first-order chi connectivity index (χ1) is 9.61. The summed E-state index contributed by atoms with van der Waals surface area (Å²) in [5.74, 6) is -0.131. The van der Waals surface area contributed by atoms with Crippen molar-refractivity contribution in [3.05, 3.63) is 70.2 Å². The average molecular weight is 286 g/mol. The number of likely N-dealkylation sites (N-methyl/N-ethyl adjacent to an activating group) is 1. The average Bonchev–Trinajstić information content (AvgIpc) is 2.47. The third-order valence-corrected chi connectivity index (χ3v) is 3.38. The van der Waals surface area contributed by atoms with E-state index in [2.05, 4.69) is 5.32 Å². The first-order valence-corrected chi connectivity index (χ1v) is 6.75. The van der Waals surface area contributed by atoms with Gasteiger partial charge in [-0.3, -0.25) is 4.79 Å². The zero-order valence-electron chi connectivity index (χ0n) is 11.5. The van der Waals surface area contributed by atoms with Gasteiger partial charge < -0.3 is 5.32 Å². The van der Waals surface area contributed by atoms with E-state index in [-0.39, 0.29) is 5.91 Å². The van der Waals surface area contributed by atoms with Crippen LogP contribution < -0.4 is 5.32 Å². The van der Waals surface area contributed by atoms with Gasteiger partial charge in [-0.2, -0.15) is 0 Å². The van der Waals surface area contributed by atoms with Gasteiger partial charge in [-0.25, -0.2) is 0 Å². The van der Waals surface area contributed by atoms with Gasteiger partial charge in [-0.05, 0) is 30.2 Å². The summed E-state index contributed by atoms with van der Waals surface area (Å²) in [6.07, 6.45) is 1.81. The Labute approximate surface area is 124 Å². The van der Waals surface area contributed by atoms with Crippen molar-refractivity contribution in [1.82, 2.24) is 5.32 Å². The van der Waals surface area contributed by atoms with Crippen LogP contribution in [0.25, 0.3) is 11.6 Å². The van der Waals surface area contributed by atoms with Crippen LogP contribution in [0.1, 0.15) is 16.7 Å². The summed E-state index contributed by atoms with van der Waals surface area (Å²) in [4.78, 5) is 12.1. The third kappa shape index (κ3) is 3.28. The van der Waals surface area contributed by atoms with E-state index in [1.54, 1.807) is 7.05 Å². The van der Waals surface area contributed by atoms with Crippen LogP contribution in [-0.2, 0) is 4.79 Å². The Balaban J connectivity index is 2.51. The van der Waals surface area contributed by atoms with Gasteiger partial charge in [-0.15, -0.1) is 0 Å². The van der Waals surface area contributed by atoms with Gasteiger partial charge in [0.25, 0.3) is 5.91 Å². The molecule has 0 heterocycles. The second-order valence-corrected chi connectivity index (χ2v) is 4.93. The van der Waals surface area contributed by atoms with Crippen LogP contribution in [0.4, 0.5) is 0 Å². The fourth-order valence-corrected chi connectivity index (χ4v) is 2.09. The first-order valence-electron chi connectivity index (χ1n) is 6.37. The van der Waals surface area contributed by atoms with Gasteiger partial charge in [0.15, 0.2) is 0 Å². The Kier molecular flexibility index (Phi) is 4.59. The highest BCUT2D eigenvalue weighted by Crippen LogP contribution is 2.23. The predicted octanol–water partition coefficient (Wildman–Crippen LogP) is 3.94. The van der Waals surface area contributed by atoms with E-state index in [1.165, 1.54) is 0 Å². The number of halogens is 1. The molecule has 2 aromatic rings. The maximum atomic E-state index is 12.1. The molecular weight excluding hydrogens is 270 g/mol. The minimum absolute atomic E-state index is 0.131. The number of carbonyl (C=O) groups is 1. The molecule has 0 aliphatic heterocycles. The summed E-state index contributed by atoms with van der Waals surface area (Å²) in [6.45, 7) is 2.02. The normalized spacial score (nSPS) is 11.2. The van der Waals surface area contributed by atoms with Crippen molar-refractivity contribution in [2.24, 2.45) is 0 Å². The first kappa shape index (κ1) is 14.4. The largest absolute Gasteiger partial charge is 0.355 e. The van der Waals surface area contributed by atoms with Crippen LogP contribution >= 0.6 is 11.6 Å². The minimum Gasteiger partial charge on any atom is -0.355 e. The maximum absolute atomic E-state index is 12.1. The molecule has 1 N–H and O–H groups in total. The lowest BCUT2D eigenvalue weighted by Crippen LogP contribution is -2.19. The van der Waals surface area contributed by atoms with Gasteiger partial charge in [-0.1, -0.05) is 59.6 Å². The Morgan fingerprint density at radius 1 is 1.10 bits per heavy atom. The van der Waals surface area contributed by atoms with Crippen molar-refractivity contribution >= 4 is 29.2 Å². The van der Waals surface area contributed by atoms with Gasteiger partial charge in [0, 0.05) is 17.6 Å². The van der Waals surface area contributed by atoms with Crippen LogP contribution in [0.5, 0.6) is 0 Å². The highest BCUT2D eigenvalue weighted by Gasteiger charge is 2.11. The molecule has 2 aromatic carbocycles. The molecule has 102 valence electrons. The second kappa shape index (κ2) is 6.40. The molecule has 0 atom stereocenters. The molecule has 2 rings (SSSR count). The quantitative estimate of drug-likeness (QED) is 0.672. The van der Waals surface area contributed by atoms with Crippen molar-refractivity contribution in [2.75, 3.05) is 7.05 Å². The number of hydrogen-bond donors (Lipinski definition) is 1. The number of amides is 1. The van der Waals surface area contributed by atoms with Crippen molar-refractivity contribution < 1.29 is 4.79 Å². The molecule has 0 unspecified atom stereocenters. The minimum atomic E-state index is -0.131. The molecule has 0 aliphatic carbocycles. The Bertz CT molecular complexity index is 644. The molecule has 0 spiro atoms. The van der Waals surface area contributed by atoms with Crippen molar-refractivity contribution in [2.45, 2.75) is 6.92 Å². The molecule has 0 saturated carbocycles. The van der Waals surface area contributed by atoms with Crippen LogP contribution in [-0.4, -0.2) is 13.0 Å². The fraction of sp³-hybridized carbons (Fsp3) is 0.118. The van der Waals surface area contributed by atoms with E-state index in [0.717, 1.165) is 16.7 Å². The van der Waals surface area contributed by atoms with E-state index in [1.807, 2.05) is 61.5 Å². The van der Waals surface area contributed by atoms with Crippen LogP contribution in [0.3, 0.4) is 0 Å². The maximum Gasteiger partial charge on any atom is 0.251 e. The highest BCUT2D eigenvalue weighted by molar-refractivity contribution is 6.33. The lowest BCUT2D eigenvalue weighted by atomic mass is 10.0. The summed E-state index contributed by atoms with van der Waals surface area (Å²) in [7, 11) is 1.62. The Morgan fingerprint density at radius 2 is 1.75 bits per heavy atom. The lowest BCUT2D eigenvalue weighted by Gasteiger charge is -2.08. The summed E-state index contributed by atoms with van der Waals surface area (Å²) >= 11 is 6.15. The molecule has 0 aliphatic rings. The van der Waals surface area contributed by atoms with Gasteiger partial charge in [0.05, 0.1) is 0 Å². The monoisotopic (exact) mass is 285 g/mol. The smallest absolute Gasteiger partial charge is 0.251 e. The third-order valence-electron chi connectivity index (χ3n) is 3.04. The van der Waals surface area contributed by atoms with Gasteiger partial charge in [0.1, 0.15) is 0 Å². The van der Waals surface area contributed by atoms with Gasteiger partial charge in [0.2, 0.25) is 0 Å². The zero-order chi connectivity index (χ0) is 14.5. The van der Waals surface area contributed by atoms with Crippen LogP contribution in [0.2, 0.25) is 5.02 Å². The molecule has 0 bridgehead atoms. The van der Waals surface area contributed by atoms with Crippen LogP contribution in [0, 0.1) is 6.92 Å².